The molecular weight excluding hydrogens is 504 g/mol. The van der Waals surface area contributed by atoms with Gasteiger partial charge in [0.05, 0.1) is 12.6 Å². The number of benzene rings is 1. The van der Waals surface area contributed by atoms with E-state index in [0.717, 1.165) is 19.4 Å². The predicted molar refractivity (Wildman–Crippen MR) is 157 cm³/mol. The first-order chi connectivity index (χ1) is 18.1. The number of esters is 1. The molecule has 2 atom stereocenters. The number of rotatable bonds is 15. The van der Waals surface area contributed by atoms with Crippen molar-refractivity contribution < 1.29 is 23.9 Å². The van der Waals surface area contributed by atoms with Gasteiger partial charge >= 0.3 is 5.97 Å². The topological polar surface area (TPSA) is 126 Å². The third-order valence-corrected chi connectivity index (χ3v) is 5.47. The number of nitrogens with one attached hydrogen (secondary N) is 4. The normalized spacial score (nSPS) is 11.5. The van der Waals surface area contributed by atoms with E-state index in [0.29, 0.717) is 18.6 Å². The van der Waals surface area contributed by atoms with Gasteiger partial charge in [-0.2, -0.15) is 11.8 Å². The lowest BCUT2D eigenvalue weighted by molar-refractivity contribution is -0.152. The van der Waals surface area contributed by atoms with Gasteiger partial charge in [-0.1, -0.05) is 49.7 Å². The van der Waals surface area contributed by atoms with Gasteiger partial charge < -0.3 is 26.0 Å². The molecule has 0 bridgehead atoms. The number of thioether (sulfide) groups is 1. The zero-order chi connectivity index (χ0) is 29.3. The fourth-order valence-electron chi connectivity index (χ4n) is 2.97. The SMILES string of the molecule is CC.CNCCCCC(NC(=O)C(CCSC)NC(=O)CNC(C)=O)C(=O)OC(C)C.Cc1ccccc1. The summed E-state index contributed by atoms with van der Waals surface area (Å²) in [6.45, 7) is 11.5. The lowest BCUT2D eigenvalue weighted by Crippen LogP contribution is -2.53. The summed E-state index contributed by atoms with van der Waals surface area (Å²) in [5, 5.41) is 10.8. The van der Waals surface area contributed by atoms with Crippen LogP contribution in [0.5, 0.6) is 0 Å². The quantitative estimate of drug-likeness (QED) is 0.194. The van der Waals surface area contributed by atoms with Crippen molar-refractivity contribution in [1.82, 2.24) is 21.3 Å². The average Bonchev–Trinajstić information content (AvgIpc) is 2.88. The smallest absolute Gasteiger partial charge is 0.328 e. The molecule has 0 radical (unpaired) electrons. The minimum absolute atomic E-state index is 0.207. The second-order valence-electron chi connectivity index (χ2n) is 8.61. The molecule has 3 amide bonds. The highest BCUT2D eigenvalue weighted by atomic mass is 32.2. The van der Waals surface area contributed by atoms with Crippen LogP contribution in [0, 0.1) is 6.92 Å². The number of amides is 3. The van der Waals surface area contributed by atoms with Gasteiger partial charge in [0, 0.05) is 6.92 Å². The Hall–Kier alpha value is -2.59. The molecule has 4 N–H and O–H groups in total. The van der Waals surface area contributed by atoms with Crippen molar-refractivity contribution in [3.8, 4) is 0 Å². The van der Waals surface area contributed by atoms with Crippen molar-refractivity contribution in [2.24, 2.45) is 0 Å². The lowest BCUT2D eigenvalue weighted by Gasteiger charge is -2.23. The minimum Gasteiger partial charge on any atom is -0.461 e. The molecule has 0 saturated carbocycles. The van der Waals surface area contributed by atoms with Gasteiger partial charge in [-0.05, 0) is 72.1 Å². The van der Waals surface area contributed by atoms with Gasteiger partial charge in [0.2, 0.25) is 17.7 Å². The minimum atomic E-state index is -0.796. The molecule has 0 spiro atoms. The number of hydrogen-bond donors (Lipinski definition) is 4. The fourth-order valence-corrected chi connectivity index (χ4v) is 3.45. The van der Waals surface area contributed by atoms with Crippen molar-refractivity contribution in [2.45, 2.75) is 85.4 Å². The van der Waals surface area contributed by atoms with Crippen LogP contribution >= 0.6 is 11.8 Å². The van der Waals surface area contributed by atoms with Crippen LogP contribution in [-0.4, -0.2) is 74.0 Å². The van der Waals surface area contributed by atoms with Crippen LogP contribution < -0.4 is 21.3 Å². The molecule has 218 valence electrons. The molecule has 38 heavy (non-hydrogen) atoms. The van der Waals surface area contributed by atoms with Gasteiger partial charge in [-0.15, -0.1) is 0 Å². The zero-order valence-electron chi connectivity index (χ0n) is 24.5. The average molecular weight is 555 g/mol. The molecule has 1 aromatic rings. The fraction of sp³-hybridized carbons (Fsp3) is 0.643. The second-order valence-corrected chi connectivity index (χ2v) is 9.60. The molecule has 1 rings (SSSR count). The van der Waals surface area contributed by atoms with E-state index < -0.39 is 29.9 Å². The summed E-state index contributed by atoms with van der Waals surface area (Å²) in [6, 6.07) is 8.69. The van der Waals surface area contributed by atoms with E-state index in [4.69, 9.17) is 4.74 Å². The third kappa shape index (κ3) is 21.5. The first kappa shape index (κ1) is 37.6. The zero-order valence-corrected chi connectivity index (χ0v) is 25.3. The number of carbonyl (C=O) groups is 4. The van der Waals surface area contributed by atoms with E-state index in [2.05, 4.69) is 40.3 Å². The van der Waals surface area contributed by atoms with Crippen molar-refractivity contribution in [2.75, 3.05) is 32.1 Å². The van der Waals surface area contributed by atoms with Crippen LogP contribution in [0.25, 0.3) is 0 Å². The maximum atomic E-state index is 12.8. The largest absolute Gasteiger partial charge is 0.461 e. The Morgan fingerprint density at radius 3 is 2.05 bits per heavy atom. The molecule has 0 aliphatic rings. The summed E-state index contributed by atoms with van der Waals surface area (Å²) in [7, 11) is 1.85. The Balaban J connectivity index is 0. The van der Waals surface area contributed by atoms with Crippen LogP contribution in [0.1, 0.15) is 65.9 Å². The second kappa shape index (κ2) is 24.7. The Kier molecular flexibility index (Phi) is 24.4. The lowest BCUT2D eigenvalue weighted by atomic mass is 10.1. The van der Waals surface area contributed by atoms with E-state index in [1.807, 2.05) is 45.4 Å². The van der Waals surface area contributed by atoms with E-state index in [-0.39, 0.29) is 18.6 Å². The molecule has 2 unspecified atom stereocenters. The van der Waals surface area contributed by atoms with Crippen LogP contribution in [0.3, 0.4) is 0 Å². The molecule has 0 fully saturated rings. The van der Waals surface area contributed by atoms with Crippen LogP contribution in [0.2, 0.25) is 0 Å². The summed E-state index contributed by atoms with van der Waals surface area (Å²) < 4.78 is 5.27. The Bertz CT molecular complexity index is 778. The number of unbranched alkanes of at least 4 members (excludes halogenated alkanes) is 1. The van der Waals surface area contributed by atoms with Gasteiger partial charge in [0.25, 0.3) is 0 Å². The number of carbonyl (C=O) groups excluding carboxylic acids is 4. The highest BCUT2D eigenvalue weighted by Crippen LogP contribution is 2.07. The Morgan fingerprint density at radius 2 is 1.58 bits per heavy atom. The first-order valence-corrected chi connectivity index (χ1v) is 14.7. The first-order valence-electron chi connectivity index (χ1n) is 13.3. The number of aryl methyl sites for hydroxylation is 1. The third-order valence-electron chi connectivity index (χ3n) is 4.82. The molecule has 0 aromatic heterocycles. The summed E-state index contributed by atoms with van der Waals surface area (Å²) in [4.78, 5) is 48.2. The summed E-state index contributed by atoms with van der Waals surface area (Å²) >= 11 is 1.55. The van der Waals surface area contributed by atoms with Gasteiger partial charge in [0.1, 0.15) is 12.1 Å². The summed E-state index contributed by atoms with van der Waals surface area (Å²) in [6.07, 6.45) is 4.07. The van der Waals surface area contributed by atoms with Crippen molar-refractivity contribution in [1.29, 1.82) is 0 Å². The van der Waals surface area contributed by atoms with Gasteiger partial charge in [-0.25, -0.2) is 4.79 Å². The van der Waals surface area contributed by atoms with Crippen molar-refractivity contribution >= 4 is 35.5 Å². The Morgan fingerprint density at radius 1 is 0.947 bits per heavy atom. The van der Waals surface area contributed by atoms with Crippen molar-refractivity contribution in [3.05, 3.63) is 35.9 Å². The number of hydrogen-bond acceptors (Lipinski definition) is 7. The van der Waals surface area contributed by atoms with Crippen molar-refractivity contribution in [3.63, 3.8) is 0 Å². The highest BCUT2D eigenvalue weighted by Gasteiger charge is 2.27. The maximum Gasteiger partial charge on any atom is 0.328 e. The number of ether oxygens (including phenoxy) is 1. The molecule has 0 aliphatic carbocycles. The van der Waals surface area contributed by atoms with E-state index >= 15 is 0 Å². The molecule has 10 heteroatoms. The van der Waals surface area contributed by atoms with Gasteiger partial charge in [0.15, 0.2) is 0 Å². The summed E-state index contributed by atoms with van der Waals surface area (Å²) in [5.41, 5.74) is 1.32. The van der Waals surface area contributed by atoms with Gasteiger partial charge in [-0.3, -0.25) is 14.4 Å². The standard InChI is InChI=1S/C19H36N4O5S.C7H8.C2H6/c1-13(2)28-19(27)16(8-6-7-10-20-4)23-18(26)15(9-11-29-5)22-17(25)12-21-14(3)24;1-7-5-3-2-4-6-7;1-2/h13,15-16,20H,6-12H2,1-5H3,(H,21,24)(H,22,25)(H,23,26);2-6H,1H3;1-2H3. The highest BCUT2D eigenvalue weighted by molar-refractivity contribution is 7.98. The Labute approximate surface area is 234 Å². The van der Waals surface area contributed by atoms with E-state index in [9.17, 15) is 19.2 Å². The summed E-state index contributed by atoms with van der Waals surface area (Å²) in [5.74, 6) is -1.05. The van der Waals surface area contributed by atoms with Crippen LogP contribution in [0.15, 0.2) is 30.3 Å². The van der Waals surface area contributed by atoms with Crippen LogP contribution in [-0.2, 0) is 23.9 Å². The molecule has 0 aliphatic heterocycles. The monoisotopic (exact) mass is 554 g/mol. The maximum absolute atomic E-state index is 12.8. The molecule has 0 heterocycles. The molecule has 0 saturated heterocycles. The van der Waals surface area contributed by atoms with Crippen LogP contribution in [0.4, 0.5) is 0 Å². The van der Waals surface area contributed by atoms with E-state index in [1.54, 1.807) is 25.6 Å². The van der Waals surface area contributed by atoms with E-state index in [1.165, 1.54) is 12.5 Å². The molecule has 9 nitrogen and oxygen atoms in total. The molecular formula is C28H50N4O5S. The predicted octanol–water partition coefficient (Wildman–Crippen LogP) is 3.21. The molecule has 1 aromatic carbocycles.